The van der Waals surface area contributed by atoms with Gasteiger partial charge < -0.3 is 0 Å². The number of alkyl halides is 3. The van der Waals surface area contributed by atoms with Crippen LogP contribution in [0.2, 0.25) is 0 Å². The normalized spacial score (nSPS) is 10.0. The van der Waals surface area contributed by atoms with Crippen molar-refractivity contribution in [1.29, 1.82) is 0 Å². The van der Waals surface area contributed by atoms with Crippen LogP contribution in [0.1, 0.15) is 16.6 Å². The Bertz CT molecular complexity index is 290. The fraction of sp³-hybridized carbons (Fsp3) is 0.250. The molecule has 0 N–H and O–H groups in total. The van der Waals surface area contributed by atoms with E-state index in [0.717, 1.165) is 11.2 Å². The molecule has 1 aromatic rings. The number of aldehydes is 1. The van der Waals surface area contributed by atoms with Gasteiger partial charge in [-0.15, -0.1) is 11.3 Å². The lowest BCUT2D eigenvalue weighted by Gasteiger charge is -1.95. The smallest absolute Gasteiger partial charge is 0.297 e. The molecule has 1 rings (SSSR count). The molecule has 0 aliphatic heterocycles. The van der Waals surface area contributed by atoms with Gasteiger partial charge in [-0.2, -0.15) is 13.2 Å². The Balaban J connectivity index is 0.000000241. The average Bonchev–Trinajstić information content (AvgIpc) is 2.54. The second-order valence-corrected chi connectivity index (χ2v) is 3.17. The molecule has 78 valence electrons. The molecule has 0 radical (unpaired) electrons. The Kier molecular flexibility index (Phi) is 5.07. The van der Waals surface area contributed by atoms with E-state index in [-0.39, 0.29) is 0 Å². The summed E-state index contributed by atoms with van der Waals surface area (Å²) in [6, 6.07) is 3.64. The molecule has 6 heteroatoms. The number of halogens is 3. The number of carbonyl (C=O) groups is 2. The highest BCUT2D eigenvalue weighted by Crippen LogP contribution is 2.14. The van der Waals surface area contributed by atoms with Crippen LogP contribution in [-0.4, -0.2) is 18.2 Å². The third-order valence-electron chi connectivity index (χ3n) is 1.06. The van der Waals surface area contributed by atoms with Crippen molar-refractivity contribution >= 4 is 23.4 Å². The standard InChI is InChI=1S/C5H4OS.C3H3F3O/c6-4-5-2-1-3-7-5;1-2(7)3(4,5)6/h1-4H;1H3. The van der Waals surface area contributed by atoms with Crippen molar-refractivity contribution in [3.8, 4) is 0 Å². The van der Waals surface area contributed by atoms with Gasteiger partial charge >= 0.3 is 6.18 Å². The predicted molar refractivity (Wildman–Crippen MR) is 46.4 cm³/mol. The highest BCUT2D eigenvalue weighted by molar-refractivity contribution is 7.11. The number of thiophene rings is 1. The molecule has 14 heavy (non-hydrogen) atoms. The van der Waals surface area contributed by atoms with Crippen LogP contribution in [0.4, 0.5) is 13.2 Å². The van der Waals surface area contributed by atoms with Gasteiger partial charge in [0.1, 0.15) is 0 Å². The number of ketones is 1. The Morgan fingerprint density at radius 1 is 1.50 bits per heavy atom. The highest BCUT2D eigenvalue weighted by Gasteiger charge is 2.33. The van der Waals surface area contributed by atoms with Crippen molar-refractivity contribution in [3.63, 3.8) is 0 Å². The number of Topliss-reactive ketones (excluding diaryl/α,β-unsaturated/α-hetero) is 1. The molecule has 0 saturated heterocycles. The van der Waals surface area contributed by atoms with Crippen molar-refractivity contribution in [2.45, 2.75) is 13.1 Å². The second-order valence-electron chi connectivity index (χ2n) is 2.19. The van der Waals surface area contributed by atoms with Crippen molar-refractivity contribution in [2.75, 3.05) is 0 Å². The molecule has 0 saturated carbocycles. The molecule has 0 aromatic carbocycles. The molecule has 0 atom stereocenters. The van der Waals surface area contributed by atoms with E-state index in [9.17, 15) is 22.8 Å². The van der Waals surface area contributed by atoms with Crippen molar-refractivity contribution in [1.82, 2.24) is 0 Å². The summed E-state index contributed by atoms with van der Waals surface area (Å²) in [4.78, 5) is 20.0. The number of carbonyl (C=O) groups excluding carboxylic acids is 2. The molecule has 0 aliphatic rings. The molecule has 0 spiro atoms. The number of hydrogen-bond acceptors (Lipinski definition) is 3. The Morgan fingerprint density at radius 2 is 2.00 bits per heavy atom. The molecule has 0 fully saturated rings. The monoisotopic (exact) mass is 224 g/mol. The van der Waals surface area contributed by atoms with Gasteiger partial charge in [0.15, 0.2) is 6.29 Å². The van der Waals surface area contributed by atoms with E-state index in [2.05, 4.69) is 0 Å². The summed E-state index contributed by atoms with van der Waals surface area (Å²) >= 11 is 1.45. The molecule has 2 nitrogen and oxygen atoms in total. The van der Waals surface area contributed by atoms with E-state index in [0.29, 0.717) is 6.92 Å². The van der Waals surface area contributed by atoms with Crippen LogP contribution in [0.5, 0.6) is 0 Å². The maximum Gasteiger partial charge on any atom is 0.449 e. The van der Waals surface area contributed by atoms with Crippen molar-refractivity contribution in [2.24, 2.45) is 0 Å². The van der Waals surface area contributed by atoms with Gasteiger partial charge in [-0.3, -0.25) is 9.59 Å². The summed E-state index contributed by atoms with van der Waals surface area (Å²) < 4.78 is 32.5. The van der Waals surface area contributed by atoms with Gasteiger partial charge in [0.05, 0.1) is 4.88 Å². The van der Waals surface area contributed by atoms with E-state index >= 15 is 0 Å². The fourth-order valence-electron chi connectivity index (χ4n) is 0.358. The summed E-state index contributed by atoms with van der Waals surface area (Å²) in [6.45, 7) is 0.486. The molecular weight excluding hydrogens is 217 g/mol. The fourth-order valence-corrected chi connectivity index (χ4v) is 0.885. The maximum atomic E-state index is 10.8. The maximum absolute atomic E-state index is 10.8. The minimum atomic E-state index is -4.64. The van der Waals surface area contributed by atoms with E-state index in [4.69, 9.17) is 0 Å². The number of rotatable bonds is 1. The van der Waals surface area contributed by atoms with Gasteiger partial charge in [-0.05, 0) is 11.4 Å². The predicted octanol–water partition coefficient (Wildman–Crippen LogP) is 2.70. The van der Waals surface area contributed by atoms with Crippen LogP contribution in [0, 0.1) is 0 Å². The first-order chi connectivity index (χ1) is 6.38. The van der Waals surface area contributed by atoms with Crippen LogP contribution < -0.4 is 0 Å². The molecule has 0 bridgehead atoms. The third-order valence-corrected chi connectivity index (χ3v) is 1.86. The van der Waals surface area contributed by atoms with Gasteiger partial charge in [-0.25, -0.2) is 0 Å². The molecule has 1 aromatic heterocycles. The van der Waals surface area contributed by atoms with E-state index < -0.39 is 12.0 Å². The Hall–Kier alpha value is -1.17. The topological polar surface area (TPSA) is 34.1 Å². The SMILES string of the molecule is CC(=O)C(F)(F)F.O=Cc1cccs1. The van der Waals surface area contributed by atoms with Crippen LogP contribution in [0.3, 0.4) is 0 Å². The lowest BCUT2D eigenvalue weighted by Crippen LogP contribution is -2.18. The minimum absolute atomic E-state index is 0.486. The molecule has 0 amide bonds. The quantitative estimate of drug-likeness (QED) is 0.687. The van der Waals surface area contributed by atoms with Gasteiger partial charge in [0, 0.05) is 6.92 Å². The Morgan fingerprint density at radius 3 is 2.14 bits per heavy atom. The zero-order chi connectivity index (χ0) is 11.2. The minimum Gasteiger partial charge on any atom is -0.297 e. The van der Waals surface area contributed by atoms with Crippen molar-refractivity contribution < 1.29 is 22.8 Å². The molecule has 0 unspecified atom stereocenters. The van der Waals surface area contributed by atoms with E-state index in [1.165, 1.54) is 11.3 Å². The first-order valence-electron chi connectivity index (χ1n) is 3.44. The van der Waals surface area contributed by atoms with Crippen LogP contribution in [0.15, 0.2) is 17.5 Å². The second kappa shape index (κ2) is 5.54. The van der Waals surface area contributed by atoms with Gasteiger partial charge in [0.2, 0.25) is 5.78 Å². The third kappa shape index (κ3) is 5.47. The summed E-state index contributed by atoms with van der Waals surface area (Å²) in [5.41, 5.74) is 0. The molecule has 1 heterocycles. The summed E-state index contributed by atoms with van der Waals surface area (Å²) in [6.07, 6.45) is -3.79. The summed E-state index contributed by atoms with van der Waals surface area (Å²) in [7, 11) is 0. The van der Waals surface area contributed by atoms with Crippen molar-refractivity contribution in [3.05, 3.63) is 22.4 Å². The highest BCUT2D eigenvalue weighted by atomic mass is 32.1. The zero-order valence-electron chi connectivity index (χ0n) is 7.17. The summed E-state index contributed by atoms with van der Waals surface area (Å²) in [5.74, 6) is -1.76. The lowest BCUT2D eigenvalue weighted by atomic mass is 10.5. The van der Waals surface area contributed by atoms with Gasteiger partial charge in [0.25, 0.3) is 0 Å². The molecule has 0 aliphatic carbocycles. The average molecular weight is 224 g/mol. The van der Waals surface area contributed by atoms with Crippen LogP contribution >= 0.6 is 11.3 Å². The van der Waals surface area contributed by atoms with E-state index in [1.807, 2.05) is 11.4 Å². The Labute approximate surface area is 82.4 Å². The zero-order valence-corrected chi connectivity index (χ0v) is 7.98. The largest absolute Gasteiger partial charge is 0.449 e. The molecular formula is C8H7F3O2S. The number of hydrogen-bond donors (Lipinski definition) is 0. The van der Waals surface area contributed by atoms with Crippen LogP contribution in [-0.2, 0) is 4.79 Å². The van der Waals surface area contributed by atoms with Crippen LogP contribution in [0.25, 0.3) is 0 Å². The first kappa shape index (κ1) is 12.8. The first-order valence-corrected chi connectivity index (χ1v) is 4.32. The summed E-state index contributed by atoms with van der Waals surface area (Å²) in [5, 5.41) is 1.88. The van der Waals surface area contributed by atoms with E-state index in [1.54, 1.807) is 6.07 Å². The van der Waals surface area contributed by atoms with Gasteiger partial charge in [-0.1, -0.05) is 6.07 Å². The lowest BCUT2D eigenvalue weighted by molar-refractivity contribution is -0.168.